The Balaban J connectivity index is 1.82. The standard InChI is InChI=1S/C20H24F2N2O4S/c1-13-6-7-15(21)17(9-13)24-8-4-5-14(12-24)23-29(25,26)20-11-19(28-3)18(27-2)10-16(20)22/h6-7,9-11,14,23H,4-5,8,12H2,1-3H3. The summed E-state index contributed by atoms with van der Waals surface area (Å²) in [4.78, 5) is 1.29. The number of halogens is 2. The Kier molecular flexibility index (Phi) is 6.28. The van der Waals surface area contributed by atoms with Crippen molar-refractivity contribution in [1.29, 1.82) is 0 Å². The van der Waals surface area contributed by atoms with Crippen molar-refractivity contribution in [3.05, 3.63) is 47.5 Å². The maximum absolute atomic E-state index is 14.4. The van der Waals surface area contributed by atoms with E-state index in [0.29, 0.717) is 25.1 Å². The summed E-state index contributed by atoms with van der Waals surface area (Å²) < 4.78 is 66.9. The molecular formula is C20H24F2N2O4S. The SMILES string of the molecule is COc1cc(F)c(S(=O)(=O)NC2CCCN(c3cc(C)ccc3F)C2)cc1OC. The predicted molar refractivity (Wildman–Crippen MR) is 106 cm³/mol. The fraction of sp³-hybridized carbons (Fsp3) is 0.400. The van der Waals surface area contributed by atoms with Crippen molar-refractivity contribution in [2.24, 2.45) is 0 Å². The lowest BCUT2D eigenvalue weighted by molar-refractivity contribution is 0.350. The fourth-order valence-electron chi connectivity index (χ4n) is 3.48. The Morgan fingerprint density at radius 3 is 2.45 bits per heavy atom. The first-order valence-corrected chi connectivity index (χ1v) is 10.7. The van der Waals surface area contributed by atoms with Crippen LogP contribution in [0, 0.1) is 18.6 Å². The highest BCUT2D eigenvalue weighted by molar-refractivity contribution is 7.89. The molecule has 0 radical (unpaired) electrons. The summed E-state index contributed by atoms with van der Waals surface area (Å²) >= 11 is 0. The second-order valence-electron chi connectivity index (χ2n) is 7.00. The van der Waals surface area contributed by atoms with Crippen LogP contribution in [0.3, 0.4) is 0 Å². The van der Waals surface area contributed by atoms with Gasteiger partial charge in [-0.05, 0) is 37.5 Å². The van der Waals surface area contributed by atoms with Crippen molar-refractivity contribution in [2.75, 3.05) is 32.2 Å². The number of hydrogen-bond acceptors (Lipinski definition) is 5. The maximum atomic E-state index is 14.4. The number of methoxy groups -OCH3 is 2. The average molecular weight is 426 g/mol. The molecule has 158 valence electrons. The van der Waals surface area contributed by atoms with Crippen molar-refractivity contribution in [2.45, 2.75) is 30.7 Å². The molecule has 1 saturated heterocycles. The normalized spacial score (nSPS) is 17.3. The van der Waals surface area contributed by atoms with Crippen LogP contribution >= 0.6 is 0 Å². The number of hydrogen-bond donors (Lipinski definition) is 1. The number of nitrogens with zero attached hydrogens (tertiary/aromatic N) is 1. The van der Waals surface area contributed by atoms with E-state index >= 15 is 0 Å². The zero-order valence-electron chi connectivity index (χ0n) is 16.5. The number of ether oxygens (including phenoxy) is 2. The maximum Gasteiger partial charge on any atom is 0.243 e. The topological polar surface area (TPSA) is 67.9 Å². The van der Waals surface area contributed by atoms with Gasteiger partial charge in [0.05, 0.1) is 19.9 Å². The summed E-state index contributed by atoms with van der Waals surface area (Å²) in [5, 5.41) is 0. The molecule has 29 heavy (non-hydrogen) atoms. The third-order valence-corrected chi connectivity index (χ3v) is 6.45. The summed E-state index contributed by atoms with van der Waals surface area (Å²) in [7, 11) is -1.47. The lowest BCUT2D eigenvalue weighted by Crippen LogP contribution is -2.48. The molecule has 1 heterocycles. The highest BCUT2D eigenvalue weighted by Crippen LogP contribution is 2.32. The van der Waals surface area contributed by atoms with E-state index in [2.05, 4.69) is 4.72 Å². The van der Waals surface area contributed by atoms with Crippen LogP contribution in [0.15, 0.2) is 35.2 Å². The number of anilines is 1. The average Bonchev–Trinajstić information content (AvgIpc) is 2.69. The first-order chi connectivity index (χ1) is 13.7. The van der Waals surface area contributed by atoms with Crippen molar-refractivity contribution in [3.63, 3.8) is 0 Å². The quantitative estimate of drug-likeness (QED) is 0.768. The van der Waals surface area contributed by atoms with Gasteiger partial charge >= 0.3 is 0 Å². The molecule has 1 atom stereocenters. The van der Waals surface area contributed by atoms with Crippen LogP contribution in [0.4, 0.5) is 14.5 Å². The molecule has 6 nitrogen and oxygen atoms in total. The van der Waals surface area contributed by atoms with E-state index in [4.69, 9.17) is 9.47 Å². The van der Waals surface area contributed by atoms with Crippen LogP contribution in [-0.2, 0) is 10.0 Å². The Bertz CT molecular complexity index is 998. The minimum absolute atomic E-state index is 0.0997. The number of piperidine rings is 1. The minimum Gasteiger partial charge on any atom is -0.493 e. The van der Waals surface area contributed by atoms with Gasteiger partial charge in [-0.25, -0.2) is 21.9 Å². The highest BCUT2D eigenvalue weighted by Gasteiger charge is 2.29. The molecule has 1 aliphatic rings. The number of aryl methyl sites for hydroxylation is 1. The van der Waals surface area contributed by atoms with E-state index < -0.39 is 26.8 Å². The van der Waals surface area contributed by atoms with E-state index in [-0.39, 0.29) is 23.9 Å². The summed E-state index contributed by atoms with van der Waals surface area (Å²) in [6.07, 6.45) is 1.24. The molecule has 0 spiro atoms. The number of sulfonamides is 1. The Morgan fingerprint density at radius 2 is 1.76 bits per heavy atom. The monoisotopic (exact) mass is 426 g/mol. The summed E-state index contributed by atoms with van der Waals surface area (Å²) in [6, 6.07) is 6.40. The highest BCUT2D eigenvalue weighted by atomic mass is 32.2. The molecule has 0 amide bonds. The molecule has 1 N–H and O–H groups in total. The van der Waals surface area contributed by atoms with E-state index in [1.165, 1.54) is 20.3 Å². The van der Waals surface area contributed by atoms with E-state index in [9.17, 15) is 17.2 Å². The van der Waals surface area contributed by atoms with Crippen LogP contribution in [-0.4, -0.2) is 41.8 Å². The molecule has 1 unspecified atom stereocenters. The summed E-state index contributed by atoms with van der Waals surface area (Å²) in [6.45, 7) is 2.77. The van der Waals surface area contributed by atoms with Gasteiger partial charge in [0, 0.05) is 31.3 Å². The van der Waals surface area contributed by atoms with Crippen molar-refractivity contribution in [1.82, 2.24) is 4.72 Å². The molecule has 2 aromatic rings. The first-order valence-electron chi connectivity index (χ1n) is 9.20. The molecule has 0 aromatic heterocycles. The Hall–Kier alpha value is -2.39. The van der Waals surface area contributed by atoms with Gasteiger partial charge in [0.15, 0.2) is 11.5 Å². The summed E-state index contributed by atoms with van der Waals surface area (Å²) in [5.74, 6) is -1.08. The van der Waals surface area contributed by atoms with Gasteiger partial charge in [-0.1, -0.05) is 6.07 Å². The van der Waals surface area contributed by atoms with Gasteiger partial charge in [0.2, 0.25) is 10.0 Å². The number of nitrogens with one attached hydrogen (secondary N) is 1. The lowest BCUT2D eigenvalue weighted by Gasteiger charge is -2.35. The smallest absolute Gasteiger partial charge is 0.243 e. The van der Waals surface area contributed by atoms with Crippen LogP contribution in [0.25, 0.3) is 0 Å². The zero-order valence-corrected chi connectivity index (χ0v) is 17.4. The van der Waals surface area contributed by atoms with Gasteiger partial charge in [0.1, 0.15) is 16.5 Å². The molecular weight excluding hydrogens is 402 g/mol. The number of benzene rings is 2. The van der Waals surface area contributed by atoms with E-state index in [1.807, 2.05) is 11.8 Å². The van der Waals surface area contributed by atoms with Crippen LogP contribution in [0.2, 0.25) is 0 Å². The molecule has 0 bridgehead atoms. The molecule has 3 rings (SSSR count). The van der Waals surface area contributed by atoms with Crippen LogP contribution < -0.4 is 19.1 Å². The second-order valence-corrected chi connectivity index (χ2v) is 8.68. The molecule has 1 aliphatic heterocycles. The lowest BCUT2D eigenvalue weighted by atomic mass is 10.1. The Morgan fingerprint density at radius 1 is 1.07 bits per heavy atom. The van der Waals surface area contributed by atoms with Gasteiger partial charge < -0.3 is 14.4 Å². The second kappa shape index (κ2) is 8.54. The fourth-order valence-corrected chi connectivity index (χ4v) is 4.82. The van der Waals surface area contributed by atoms with Crippen molar-refractivity contribution < 1.29 is 26.7 Å². The largest absolute Gasteiger partial charge is 0.493 e. The van der Waals surface area contributed by atoms with Gasteiger partial charge in [0.25, 0.3) is 0 Å². The van der Waals surface area contributed by atoms with Gasteiger partial charge in [-0.3, -0.25) is 0 Å². The number of rotatable bonds is 6. The first kappa shape index (κ1) is 21.3. The molecule has 2 aromatic carbocycles. The van der Waals surface area contributed by atoms with Crippen LogP contribution in [0.1, 0.15) is 18.4 Å². The zero-order chi connectivity index (χ0) is 21.2. The van der Waals surface area contributed by atoms with Crippen molar-refractivity contribution >= 4 is 15.7 Å². The Labute approximate surface area is 169 Å². The molecule has 0 saturated carbocycles. The van der Waals surface area contributed by atoms with E-state index in [0.717, 1.165) is 17.7 Å². The van der Waals surface area contributed by atoms with E-state index in [1.54, 1.807) is 12.1 Å². The van der Waals surface area contributed by atoms with Crippen LogP contribution in [0.5, 0.6) is 11.5 Å². The van der Waals surface area contributed by atoms with Gasteiger partial charge in [-0.2, -0.15) is 0 Å². The molecule has 1 fully saturated rings. The third-order valence-electron chi connectivity index (χ3n) is 4.91. The molecule has 0 aliphatic carbocycles. The minimum atomic E-state index is -4.15. The predicted octanol–water partition coefficient (Wildman–Crippen LogP) is 3.24. The van der Waals surface area contributed by atoms with Crippen molar-refractivity contribution in [3.8, 4) is 11.5 Å². The molecule has 9 heteroatoms. The summed E-state index contributed by atoms with van der Waals surface area (Å²) in [5.41, 5.74) is 1.35. The van der Waals surface area contributed by atoms with Gasteiger partial charge in [-0.15, -0.1) is 0 Å². The third kappa shape index (κ3) is 4.62.